The number of nitrogens with zero attached hydrogens (tertiary/aromatic N) is 2. The SMILES string of the molecule is CCc1c(C)sc(NC(=O)c2ccnn2C)c1C(=O)NC1CC1. The number of anilines is 1. The molecule has 23 heavy (non-hydrogen) atoms. The van der Waals surface area contributed by atoms with Gasteiger partial charge in [0.25, 0.3) is 11.8 Å². The Bertz CT molecular complexity index is 758. The van der Waals surface area contributed by atoms with Crippen molar-refractivity contribution >= 4 is 28.2 Å². The van der Waals surface area contributed by atoms with Crippen molar-refractivity contribution in [1.82, 2.24) is 15.1 Å². The van der Waals surface area contributed by atoms with Gasteiger partial charge in [-0.1, -0.05) is 6.92 Å². The van der Waals surface area contributed by atoms with Crippen LogP contribution in [0.15, 0.2) is 12.3 Å². The molecule has 2 amide bonds. The molecule has 0 radical (unpaired) electrons. The van der Waals surface area contributed by atoms with Crippen molar-refractivity contribution in [2.75, 3.05) is 5.32 Å². The van der Waals surface area contributed by atoms with Gasteiger partial charge in [0.15, 0.2) is 0 Å². The number of aromatic nitrogens is 2. The Morgan fingerprint density at radius 3 is 2.70 bits per heavy atom. The molecule has 3 rings (SSSR count). The molecule has 2 aromatic rings. The van der Waals surface area contributed by atoms with Crippen LogP contribution in [0.1, 0.15) is 51.1 Å². The summed E-state index contributed by atoms with van der Waals surface area (Å²) < 4.78 is 1.51. The van der Waals surface area contributed by atoms with Crippen LogP contribution in [0.2, 0.25) is 0 Å². The van der Waals surface area contributed by atoms with Gasteiger partial charge < -0.3 is 10.6 Å². The summed E-state index contributed by atoms with van der Waals surface area (Å²) in [5, 5.41) is 10.5. The summed E-state index contributed by atoms with van der Waals surface area (Å²) in [5.41, 5.74) is 2.08. The van der Waals surface area contributed by atoms with Crippen molar-refractivity contribution in [3.05, 3.63) is 34.0 Å². The molecule has 2 N–H and O–H groups in total. The highest BCUT2D eigenvalue weighted by Gasteiger charge is 2.28. The number of hydrogen-bond acceptors (Lipinski definition) is 4. The Morgan fingerprint density at radius 2 is 2.13 bits per heavy atom. The van der Waals surface area contributed by atoms with E-state index < -0.39 is 0 Å². The van der Waals surface area contributed by atoms with E-state index in [1.165, 1.54) is 16.0 Å². The van der Waals surface area contributed by atoms with Crippen LogP contribution in [0.4, 0.5) is 5.00 Å². The number of carbonyl (C=O) groups excluding carboxylic acids is 2. The highest BCUT2D eigenvalue weighted by Crippen LogP contribution is 2.34. The average molecular weight is 332 g/mol. The average Bonchev–Trinajstić information content (AvgIpc) is 3.11. The van der Waals surface area contributed by atoms with Crippen molar-refractivity contribution in [3.8, 4) is 0 Å². The summed E-state index contributed by atoms with van der Waals surface area (Å²) in [5.74, 6) is -0.344. The number of hydrogen-bond donors (Lipinski definition) is 2. The van der Waals surface area contributed by atoms with E-state index in [1.807, 2.05) is 13.8 Å². The van der Waals surface area contributed by atoms with Gasteiger partial charge in [0.1, 0.15) is 10.7 Å². The number of nitrogens with one attached hydrogen (secondary N) is 2. The molecule has 122 valence electrons. The Hall–Kier alpha value is -2.15. The second-order valence-corrected chi connectivity index (χ2v) is 6.96. The van der Waals surface area contributed by atoms with E-state index >= 15 is 0 Å². The molecule has 0 aromatic carbocycles. The Morgan fingerprint density at radius 1 is 1.39 bits per heavy atom. The second kappa shape index (κ2) is 6.16. The van der Waals surface area contributed by atoms with Crippen molar-refractivity contribution in [3.63, 3.8) is 0 Å². The maximum atomic E-state index is 12.6. The normalized spacial score (nSPS) is 13.9. The summed E-state index contributed by atoms with van der Waals surface area (Å²) in [4.78, 5) is 26.1. The Kier molecular flexibility index (Phi) is 4.21. The molecule has 0 unspecified atom stereocenters. The minimum Gasteiger partial charge on any atom is -0.349 e. The van der Waals surface area contributed by atoms with Crippen molar-refractivity contribution in [1.29, 1.82) is 0 Å². The fraction of sp³-hybridized carbons (Fsp3) is 0.438. The second-order valence-electron chi connectivity index (χ2n) is 5.74. The van der Waals surface area contributed by atoms with Crippen LogP contribution in [-0.4, -0.2) is 27.6 Å². The van der Waals surface area contributed by atoms with Gasteiger partial charge in [0, 0.05) is 24.2 Å². The van der Waals surface area contributed by atoms with Gasteiger partial charge >= 0.3 is 0 Å². The first-order valence-electron chi connectivity index (χ1n) is 7.73. The lowest BCUT2D eigenvalue weighted by molar-refractivity contribution is 0.0951. The van der Waals surface area contributed by atoms with Crippen LogP contribution in [0.3, 0.4) is 0 Å². The third kappa shape index (κ3) is 3.14. The predicted molar refractivity (Wildman–Crippen MR) is 90.1 cm³/mol. The van der Waals surface area contributed by atoms with Gasteiger partial charge in [0.2, 0.25) is 0 Å². The number of rotatable bonds is 5. The molecule has 7 heteroatoms. The fourth-order valence-electron chi connectivity index (χ4n) is 2.58. The monoisotopic (exact) mass is 332 g/mol. The van der Waals surface area contributed by atoms with E-state index in [0.29, 0.717) is 16.3 Å². The summed E-state index contributed by atoms with van der Waals surface area (Å²) >= 11 is 1.45. The lowest BCUT2D eigenvalue weighted by Crippen LogP contribution is -2.27. The number of carbonyl (C=O) groups is 2. The molecule has 0 bridgehead atoms. The minimum absolute atomic E-state index is 0.0889. The molecule has 1 aliphatic carbocycles. The van der Waals surface area contributed by atoms with Crippen molar-refractivity contribution in [2.45, 2.75) is 39.2 Å². The molecule has 2 heterocycles. The van der Waals surface area contributed by atoms with E-state index in [4.69, 9.17) is 0 Å². The number of aryl methyl sites for hydroxylation is 2. The molecule has 0 atom stereocenters. The van der Waals surface area contributed by atoms with Crippen molar-refractivity contribution in [2.24, 2.45) is 7.05 Å². The third-order valence-electron chi connectivity index (χ3n) is 3.98. The Balaban J connectivity index is 1.90. The van der Waals surface area contributed by atoms with Crippen LogP contribution in [-0.2, 0) is 13.5 Å². The molecule has 2 aromatic heterocycles. The molecular formula is C16H20N4O2S. The maximum Gasteiger partial charge on any atom is 0.274 e. The first-order valence-corrected chi connectivity index (χ1v) is 8.55. The van der Waals surface area contributed by atoms with Gasteiger partial charge in [-0.2, -0.15) is 5.10 Å². The Labute approximate surface area is 138 Å². The molecule has 1 fully saturated rings. The lowest BCUT2D eigenvalue weighted by Gasteiger charge is -2.09. The fourth-order valence-corrected chi connectivity index (χ4v) is 3.72. The standard InChI is InChI=1S/C16H20N4O2S/c1-4-11-9(2)23-16(13(11)15(22)18-10-5-6-10)19-14(21)12-7-8-17-20(12)3/h7-8,10H,4-6H2,1-3H3,(H,18,22)(H,19,21). The van der Waals surface area contributed by atoms with Gasteiger partial charge in [-0.3, -0.25) is 14.3 Å². The van der Waals surface area contributed by atoms with Crippen LogP contribution in [0.25, 0.3) is 0 Å². The van der Waals surface area contributed by atoms with E-state index in [1.54, 1.807) is 19.3 Å². The maximum absolute atomic E-state index is 12.6. The van der Waals surface area contributed by atoms with E-state index in [2.05, 4.69) is 15.7 Å². The first-order chi connectivity index (χ1) is 11.0. The predicted octanol–water partition coefficient (Wildman–Crippen LogP) is 2.50. The van der Waals surface area contributed by atoms with Gasteiger partial charge in [-0.15, -0.1) is 11.3 Å². The van der Waals surface area contributed by atoms with E-state index in [-0.39, 0.29) is 17.9 Å². The summed E-state index contributed by atoms with van der Waals surface area (Å²) in [6.45, 7) is 4.01. The van der Waals surface area contributed by atoms with E-state index in [9.17, 15) is 9.59 Å². The molecule has 6 nitrogen and oxygen atoms in total. The van der Waals surface area contributed by atoms with Crippen molar-refractivity contribution < 1.29 is 9.59 Å². The van der Waals surface area contributed by atoms with Crippen LogP contribution in [0.5, 0.6) is 0 Å². The number of amides is 2. The molecular weight excluding hydrogens is 312 g/mol. The van der Waals surface area contributed by atoms with E-state index in [0.717, 1.165) is 29.7 Å². The zero-order valence-electron chi connectivity index (χ0n) is 13.5. The smallest absolute Gasteiger partial charge is 0.274 e. The topological polar surface area (TPSA) is 76.0 Å². The highest BCUT2D eigenvalue weighted by molar-refractivity contribution is 7.16. The van der Waals surface area contributed by atoms with Gasteiger partial charge in [-0.05, 0) is 37.8 Å². The van der Waals surface area contributed by atoms with Gasteiger partial charge in [-0.25, -0.2) is 0 Å². The van der Waals surface area contributed by atoms with Crippen LogP contribution >= 0.6 is 11.3 Å². The quantitative estimate of drug-likeness (QED) is 0.883. The van der Waals surface area contributed by atoms with Gasteiger partial charge in [0.05, 0.1) is 5.56 Å². The zero-order valence-corrected chi connectivity index (χ0v) is 14.3. The first kappa shape index (κ1) is 15.7. The highest BCUT2D eigenvalue weighted by atomic mass is 32.1. The van der Waals surface area contributed by atoms with Crippen LogP contribution < -0.4 is 10.6 Å². The molecule has 0 saturated heterocycles. The lowest BCUT2D eigenvalue weighted by atomic mass is 10.1. The molecule has 1 saturated carbocycles. The number of thiophene rings is 1. The minimum atomic E-state index is -0.255. The molecule has 0 spiro atoms. The molecule has 0 aliphatic heterocycles. The summed E-state index contributed by atoms with van der Waals surface area (Å²) in [6, 6.07) is 1.94. The summed E-state index contributed by atoms with van der Waals surface area (Å²) in [6.07, 6.45) is 4.41. The zero-order chi connectivity index (χ0) is 16.6. The molecule has 1 aliphatic rings. The third-order valence-corrected chi connectivity index (χ3v) is 5.05. The summed E-state index contributed by atoms with van der Waals surface area (Å²) in [7, 11) is 1.72. The largest absolute Gasteiger partial charge is 0.349 e. The van der Waals surface area contributed by atoms with Crippen LogP contribution in [0, 0.1) is 6.92 Å².